The molecule has 3 saturated heterocycles. The maximum absolute atomic E-state index is 13.6. The van der Waals surface area contributed by atoms with Gasteiger partial charge in [-0.2, -0.15) is 0 Å². The third-order valence-electron chi connectivity index (χ3n) is 13.1. The van der Waals surface area contributed by atoms with Crippen molar-refractivity contribution in [3.8, 4) is 0 Å². The van der Waals surface area contributed by atoms with Gasteiger partial charge in [-0.3, -0.25) is 31.8 Å². The van der Waals surface area contributed by atoms with Crippen molar-refractivity contribution in [2.24, 2.45) is 0 Å². The fourth-order valence-corrected chi connectivity index (χ4v) is 10.6. The number of phosphoric acid groups is 2. The van der Waals surface area contributed by atoms with E-state index in [4.69, 9.17) is 49.5 Å². The van der Waals surface area contributed by atoms with E-state index in [0.717, 1.165) is 25.3 Å². The average molecular weight is 1130 g/mol. The van der Waals surface area contributed by atoms with Crippen LogP contribution in [0, 0.1) is 0 Å². The molecule has 9 heterocycles. The predicted molar refractivity (Wildman–Crippen MR) is 270 cm³/mol. The van der Waals surface area contributed by atoms with Gasteiger partial charge in [0.1, 0.15) is 90.5 Å². The summed E-state index contributed by atoms with van der Waals surface area (Å²) >= 11 is 0. The van der Waals surface area contributed by atoms with Gasteiger partial charge in [0, 0.05) is 0 Å². The van der Waals surface area contributed by atoms with Crippen LogP contribution in [0.5, 0.6) is 0 Å². The van der Waals surface area contributed by atoms with E-state index < -0.39 is 109 Å². The summed E-state index contributed by atoms with van der Waals surface area (Å²) in [7, 11) is -10.6. The monoisotopic (exact) mass is 1130 g/mol. The number of aliphatic hydroxyl groups is 5. The molecule has 3 aliphatic heterocycles. The number of nitrogens with two attached hydrogens (primary N) is 3. The van der Waals surface area contributed by atoms with Crippen LogP contribution >= 0.6 is 15.6 Å². The molecule has 0 bridgehead atoms. The maximum Gasteiger partial charge on any atom is 0.472 e. The van der Waals surface area contributed by atoms with Gasteiger partial charge in [-0.05, 0) is 39.3 Å². The lowest BCUT2D eigenvalue weighted by molar-refractivity contribution is -0.0645. The number of anilines is 3. The van der Waals surface area contributed by atoms with E-state index in [2.05, 4.69) is 96.2 Å². The van der Waals surface area contributed by atoms with Crippen molar-refractivity contribution in [2.45, 2.75) is 115 Å². The van der Waals surface area contributed by atoms with E-state index in [1.807, 2.05) is 0 Å². The average Bonchev–Trinajstić information content (AvgIpc) is 4.32. The number of hydrogen-bond donors (Lipinski definition) is 10. The number of imidazole rings is 3. The molecule has 9 rings (SSSR count). The number of aliphatic hydroxyl groups excluding tert-OH is 5. The van der Waals surface area contributed by atoms with Crippen molar-refractivity contribution in [3.05, 3.63) is 38.0 Å². The molecular formula is C42H67N17O16P2. The molecule has 6 aromatic rings. The lowest BCUT2D eigenvalue weighted by atomic mass is 10.1. The molecule has 3 fully saturated rings. The van der Waals surface area contributed by atoms with Gasteiger partial charge < -0.3 is 76.5 Å². The fourth-order valence-electron chi connectivity index (χ4n) is 8.71. The highest BCUT2D eigenvalue weighted by atomic mass is 31.2. The van der Waals surface area contributed by atoms with Crippen molar-refractivity contribution in [1.29, 1.82) is 0 Å². The minimum absolute atomic E-state index is 0.00187. The van der Waals surface area contributed by atoms with Gasteiger partial charge >= 0.3 is 15.6 Å². The quantitative estimate of drug-likeness (QED) is 0.0413. The summed E-state index contributed by atoms with van der Waals surface area (Å²) in [4.78, 5) is 62.9. The Kier molecular flexibility index (Phi) is 19.9. The molecule has 0 aliphatic carbocycles. The molecule has 13 N–H and O–H groups in total. The molecule has 0 saturated carbocycles. The molecule has 35 heteroatoms. The second kappa shape index (κ2) is 25.8. The van der Waals surface area contributed by atoms with Crippen molar-refractivity contribution in [1.82, 2.24) is 68.4 Å². The van der Waals surface area contributed by atoms with Gasteiger partial charge in [0.15, 0.2) is 53.1 Å². The standard InChI is InChI=1S/C30H37N15O16P2.2C6H15N/c31-22-13-25(37-4-34-22)43(7-40-13)28-19(50)16(47)11(58-28)2-55-62(51,52)61-21-18(49)12(59-30(21)45-9-42-15-24(33)36-6-39-27(15)45)3-56-63(53,54)60-20-17(48)10(1-46)57-29(20)44-8-41-14-23(32)35-5-38-26(14)44;2*1-4-7(5-2)6-3/h4-12,16-21,28-30,46-50H,1-3H2,(H,51,52)(H,53,54)(H2,31,34,37)(H2,32,35,38)(H2,33,36,39);2*4-6H2,1-3H3/t10-,11-,12-,16+,17+,18+,19-,20-,21-,28-,29-,30-;;/m1../s1. The Morgan fingerprint density at radius 2 is 0.831 bits per heavy atom. The summed E-state index contributed by atoms with van der Waals surface area (Å²) < 4.78 is 69.5. The van der Waals surface area contributed by atoms with Crippen LogP contribution in [0.4, 0.5) is 17.5 Å². The molecule has 77 heavy (non-hydrogen) atoms. The Balaban J connectivity index is 0.000000544. The fraction of sp³-hybridized carbons (Fsp3) is 0.643. The van der Waals surface area contributed by atoms with Crippen LogP contribution in [0.1, 0.15) is 60.2 Å². The predicted octanol–water partition coefficient (Wildman–Crippen LogP) is -0.919. The third kappa shape index (κ3) is 13.2. The maximum atomic E-state index is 13.6. The first-order chi connectivity index (χ1) is 36.7. The molecule has 6 aromatic heterocycles. The molecule has 14 atom stereocenters. The highest BCUT2D eigenvalue weighted by Crippen LogP contribution is 2.53. The molecule has 0 amide bonds. The van der Waals surface area contributed by atoms with Crippen LogP contribution in [0.25, 0.3) is 33.5 Å². The summed E-state index contributed by atoms with van der Waals surface area (Å²) in [5, 5.41) is 54.0. The third-order valence-corrected chi connectivity index (χ3v) is 15.1. The van der Waals surface area contributed by atoms with Crippen LogP contribution in [0.15, 0.2) is 38.0 Å². The molecule has 3 aliphatic rings. The highest BCUT2D eigenvalue weighted by Gasteiger charge is 2.53. The van der Waals surface area contributed by atoms with Crippen LogP contribution in [-0.4, -0.2) is 218 Å². The number of nitrogen functional groups attached to an aromatic ring is 3. The van der Waals surface area contributed by atoms with Gasteiger partial charge in [0.25, 0.3) is 0 Å². The molecule has 0 spiro atoms. The van der Waals surface area contributed by atoms with Crippen molar-refractivity contribution < 1.29 is 76.8 Å². The zero-order valence-electron chi connectivity index (χ0n) is 42.9. The molecular weight excluding hydrogens is 1060 g/mol. The highest BCUT2D eigenvalue weighted by molar-refractivity contribution is 7.47. The first-order valence-corrected chi connectivity index (χ1v) is 27.6. The summed E-state index contributed by atoms with van der Waals surface area (Å²) in [6, 6.07) is 0. The molecule has 2 unspecified atom stereocenters. The van der Waals surface area contributed by atoms with Crippen molar-refractivity contribution in [3.63, 3.8) is 0 Å². The van der Waals surface area contributed by atoms with Gasteiger partial charge in [0.2, 0.25) is 0 Å². The summed E-state index contributed by atoms with van der Waals surface area (Å²) in [5.74, 6) is -0.0122. The number of fused-ring (bicyclic) bond motifs is 3. The summed E-state index contributed by atoms with van der Waals surface area (Å²) in [6.07, 6.45) is -12.2. The van der Waals surface area contributed by atoms with E-state index in [1.54, 1.807) is 0 Å². The topological polar surface area (TPSA) is 456 Å². The van der Waals surface area contributed by atoms with E-state index in [-0.39, 0.29) is 50.9 Å². The Labute approximate surface area is 440 Å². The number of phosphoric ester groups is 2. The SMILES string of the molecule is CCN(CC)CC.CCN(CC)CC.Nc1ncnc2c1ncn2[C@@H]1O[C@H](COP(=O)(O)O[C@@H]2[C@@H](O)[C@@H](COP(=O)(O)O[C@@H]3[C@@H](O)[C@@H](CO)O[C@H]3n3cnc4c(N)ncnc43)O[C@H]2n2cnc3c(N)ncnc32)[C@H](O)[C@H]1O. The Hall–Kier alpha value is -5.13. The molecule has 0 aromatic carbocycles. The number of hydrogen-bond acceptors (Lipinski definition) is 28. The zero-order chi connectivity index (χ0) is 55.9. The van der Waals surface area contributed by atoms with E-state index in [1.165, 1.54) is 65.6 Å². The van der Waals surface area contributed by atoms with Gasteiger partial charge in [-0.15, -0.1) is 0 Å². The Morgan fingerprint density at radius 3 is 1.18 bits per heavy atom. The normalized spacial score (nSPS) is 28.0. The van der Waals surface area contributed by atoms with Gasteiger partial charge in [-0.25, -0.2) is 54.0 Å². The van der Waals surface area contributed by atoms with Crippen LogP contribution in [0.3, 0.4) is 0 Å². The van der Waals surface area contributed by atoms with Crippen LogP contribution in [-0.2, 0) is 41.4 Å². The Bertz CT molecular complexity index is 2950. The van der Waals surface area contributed by atoms with Crippen LogP contribution < -0.4 is 17.2 Å². The lowest BCUT2D eigenvalue weighted by Gasteiger charge is -2.25. The van der Waals surface area contributed by atoms with E-state index in [9.17, 15) is 44.4 Å². The van der Waals surface area contributed by atoms with E-state index >= 15 is 0 Å². The van der Waals surface area contributed by atoms with Crippen molar-refractivity contribution in [2.75, 3.05) is 76.3 Å². The molecule has 33 nitrogen and oxygen atoms in total. The minimum atomic E-state index is -5.29. The largest absolute Gasteiger partial charge is 0.472 e. The number of ether oxygens (including phenoxy) is 3. The van der Waals surface area contributed by atoms with Crippen LogP contribution in [0.2, 0.25) is 0 Å². The Morgan fingerprint density at radius 1 is 0.506 bits per heavy atom. The zero-order valence-corrected chi connectivity index (χ0v) is 44.7. The summed E-state index contributed by atoms with van der Waals surface area (Å²) in [5.41, 5.74) is 18.4. The minimum Gasteiger partial charge on any atom is -0.394 e. The van der Waals surface area contributed by atoms with Gasteiger partial charge in [0.05, 0.1) is 38.8 Å². The number of aromatic nitrogens is 12. The second-order valence-electron chi connectivity index (χ2n) is 17.5. The molecule has 0 radical (unpaired) electrons. The van der Waals surface area contributed by atoms with Crippen molar-refractivity contribution >= 4 is 66.6 Å². The number of rotatable bonds is 20. The molecule has 426 valence electrons. The second-order valence-corrected chi connectivity index (χ2v) is 20.3. The smallest absolute Gasteiger partial charge is 0.394 e. The van der Waals surface area contributed by atoms with Gasteiger partial charge in [-0.1, -0.05) is 41.5 Å². The summed E-state index contributed by atoms with van der Waals surface area (Å²) in [6.45, 7) is 17.7. The number of nitrogens with zero attached hydrogens (tertiary/aromatic N) is 14. The van der Waals surface area contributed by atoms with E-state index in [0.29, 0.717) is 0 Å². The first kappa shape index (κ1) is 59.5. The lowest BCUT2D eigenvalue weighted by Crippen LogP contribution is -2.37. The first-order valence-electron chi connectivity index (χ1n) is 24.6.